The number of nitrogens with one attached hydrogen (secondary N) is 2. The summed E-state index contributed by atoms with van der Waals surface area (Å²) in [6, 6.07) is 4.86. The maximum atomic E-state index is 12.1. The van der Waals surface area contributed by atoms with E-state index in [9.17, 15) is 9.59 Å². The number of hydrogen-bond acceptors (Lipinski definition) is 2. The highest BCUT2D eigenvalue weighted by molar-refractivity contribution is 6.35. The van der Waals surface area contributed by atoms with Gasteiger partial charge >= 0.3 is 0 Å². The quantitative estimate of drug-likeness (QED) is 0.827. The van der Waals surface area contributed by atoms with Crippen molar-refractivity contribution in [2.45, 2.75) is 26.7 Å². The maximum Gasteiger partial charge on any atom is 0.228 e. The number of carbonyl (C=O) groups is 2. The van der Waals surface area contributed by atoms with Gasteiger partial charge in [0.25, 0.3) is 0 Å². The monoisotopic (exact) mass is 342 g/mol. The van der Waals surface area contributed by atoms with Gasteiger partial charge in [0.15, 0.2) is 0 Å². The Bertz CT molecular complexity index is 555. The van der Waals surface area contributed by atoms with Crippen molar-refractivity contribution in [3.05, 3.63) is 28.2 Å². The van der Waals surface area contributed by atoms with Crippen LogP contribution in [0.2, 0.25) is 10.0 Å². The van der Waals surface area contributed by atoms with E-state index in [1.54, 1.807) is 18.2 Å². The van der Waals surface area contributed by atoms with Crippen LogP contribution < -0.4 is 10.6 Å². The molecule has 6 heteroatoms. The fourth-order valence-corrected chi connectivity index (χ4v) is 2.78. The lowest BCUT2D eigenvalue weighted by Crippen LogP contribution is -2.28. The number of rotatable bonds is 6. The second-order valence-corrected chi connectivity index (χ2v) is 6.94. The van der Waals surface area contributed by atoms with E-state index < -0.39 is 0 Å². The minimum absolute atomic E-state index is 0.0371. The first-order valence-electron chi connectivity index (χ1n) is 7.41. The van der Waals surface area contributed by atoms with Crippen molar-refractivity contribution in [2.24, 2.45) is 17.8 Å². The topological polar surface area (TPSA) is 58.2 Å². The third kappa shape index (κ3) is 4.89. The molecule has 0 aliphatic heterocycles. The first-order chi connectivity index (χ1) is 10.4. The van der Waals surface area contributed by atoms with E-state index in [-0.39, 0.29) is 23.7 Å². The zero-order valence-corrected chi connectivity index (χ0v) is 14.2. The van der Waals surface area contributed by atoms with E-state index in [0.29, 0.717) is 34.6 Å². The highest BCUT2D eigenvalue weighted by Crippen LogP contribution is 2.39. The molecule has 1 aromatic rings. The number of carbonyl (C=O) groups excluding carboxylic acids is 2. The van der Waals surface area contributed by atoms with Crippen LogP contribution in [0.3, 0.4) is 0 Å². The van der Waals surface area contributed by atoms with Gasteiger partial charge in [0.1, 0.15) is 0 Å². The van der Waals surface area contributed by atoms with Gasteiger partial charge in [0.2, 0.25) is 11.8 Å². The Morgan fingerprint density at radius 2 is 1.73 bits per heavy atom. The number of halogens is 2. The lowest BCUT2D eigenvalue weighted by molar-refractivity contribution is -0.125. The zero-order chi connectivity index (χ0) is 16.3. The first kappa shape index (κ1) is 17.1. The average molecular weight is 343 g/mol. The molecule has 0 heterocycles. The SMILES string of the molecule is CC(C)CCNC(=O)C1CC1C(=O)Nc1cc(Cl)cc(Cl)c1. The molecule has 0 spiro atoms. The molecule has 0 radical (unpaired) electrons. The molecule has 1 aromatic carbocycles. The van der Waals surface area contributed by atoms with Gasteiger partial charge in [-0.3, -0.25) is 9.59 Å². The molecule has 1 aliphatic rings. The number of hydrogen-bond donors (Lipinski definition) is 2. The molecule has 2 amide bonds. The molecule has 1 aliphatic carbocycles. The molecule has 1 saturated carbocycles. The maximum absolute atomic E-state index is 12.1. The Morgan fingerprint density at radius 1 is 1.14 bits per heavy atom. The van der Waals surface area contributed by atoms with Crippen LogP contribution in [-0.4, -0.2) is 18.4 Å². The second-order valence-electron chi connectivity index (χ2n) is 6.07. The fourth-order valence-electron chi connectivity index (χ4n) is 2.25. The smallest absolute Gasteiger partial charge is 0.228 e. The van der Waals surface area contributed by atoms with E-state index in [1.807, 2.05) is 0 Å². The van der Waals surface area contributed by atoms with Gasteiger partial charge in [-0.1, -0.05) is 37.0 Å². The molecule has 2 atom stereocenters. The number of anilines is 1. The average Bonchev–Trinajstić information content (AvgIpc) is 3.16. The van der Waals surface area contributed by atoms with Crippen LogP contribution in [0.25, 0.3) is 0 Å². The van der Waals surface area contributed by atoms with Crippen molar-refractivity contribution in [1.82, 2.24) is 5.32 Å². The van der Waals surface area contributed by atoms with Gasteiger partial charge in [-0.25, -0.2) is 0 Å². The van der Waals surface area contributed by atoms with Crippen LogP contribution >= 0.6 is 23.2 Å². The third-order valence-electron chi connectivity index (χ3n) is 3.61. The molecule has 0 saturated heterocycles. The summed E-state index contributed by atoms with van der Waals surface area (Å²) >= 11 is 11.8. The standard InChI is InChI=1S/C16H20Cl2N2O2/c1-9(2)3-4-19-15(21)13-8-14(13)16(22)20-12-6-10(17)5-11(18)7-12/h5-7,9,13-14H,3-4,8H2,1-2H3,(H,19,21)(H,20,22). The van der Waals surface area contributed by atoms with Gasteiger partial charge in [0, 0.05) is 22.3 Å². The molecule has 2 rings (SSSR count). The first-order valence-corrected chi connectivity index (χ1v) is 8.17. The van der Waals surface area contributed by atoms with Crippen molar-refractivity contribution in [3.63, 3.8) is 0 Å². The summed E-state index contributed by atoms with van der Waals surface area (Å²) in [5, 5.41) is 6.56. The number of benzene rings is 1. The van der Waals surface area contributed by atoms with Gasteiger partial charge in [-0.2, -0.15) is 0 Å². The highest BCUT2D eigenvalue weighted by Gasteiger charge is 2.47. The van der Waals surface area contributed by atoms with Crippen molar-refractivity contribution < 1.29 is 9.59 Å². The Labute approximate surface area is 140 Å². The predicted octanol–water partition coefficient (Wildman–Crippen LogP) is 3.73. The molecule has 22 heavy (non-hydrogen) atoms. The van der Waals surface area contributed by atoms with Crippen molar-refractivity contribution in [3.8, 4) is 0 Å². The normalized spacial score (nSPS) is 19.9. The van der Waals surface area contributed by atoms with Crippen molar-refractivity contribution in [1.29, 1.82) is 0 Å². The van der Waals surface area contributed by atoms with Crippen molar-refractivity contribution in [2.75, 3.05) is 11.9 Å². The Kier molecular flexibility index (Phi) is 5.70. The lowest BCUT2D eigenvalue weighted by Gasteiger charge is -2.08. The summed E-state index contributed by atoms with van der Waals surface area (Å²) in [5.74, 6) is -0.142. The minimum atomic E-state index is -0.267. The van der Waals surface area contributed by atoms with Crippen LogP contribution in [0.5, 0.6) is 0 Å². The molecule has 1 fully saturated rings. The largest absolute Gasteiger partial charge is 0.356 e. The zero-order valence-electron chi connectivity index (χ0n) is 12.7. The van der Waals surface area contributed by atoms with Crippen molar-refractivity contribution >= 4 is 40.7 Å². The fraction of sp³-hybridized carbons (Fsp3) is 0.500. The minimum Gasteiger partial charge on any atom is -0.356 e. The summed E-state index contributed by atoms with van der Waals surface area (Å²) in [7, 11) is 0. The molecule has 120 valence electrons. The van der Waals surface area contributed by atoms with E-state index in [4.69, 9.17) is 23.2 Å². The van der Waals surface area contributed by atoms with Gasteiger partial charge < -0.3 is 10.6 Å². The van der Waals surface area contributed by atoms with Gasteiger partial charge in [0.05, 0.1) is 11.8 Å². The molecule has 0 aromatic heterocycles. The summed E-state index contributed by atoms with van der Waals surface area (Å²) in [5.41, 5.74) is 0.549. The van der Waals surface area contributed by atoms with E-state index in [1.165, 1.54) is 0 Å². The molecular formula is C16H20Cl2N2O2. The van der Waals surface area contributed by atoms with E-state index >= 15 is 0 Å². The third-order valence-corrected chi connectivity index (χ3v) is 4.05. The molecule has 4 nitrogen and oxygen atoms in total. The van der Waals surface area contributed by atoms with Crippen LogP contribution in [0, 0.1) is 17.8 Å². The Balaban J connectivity index is 1.81. The van der Waals surface area contributed by atoms with Crippen LogP contribution in [0.4, 0.5) is 5.69 Å². The van der Waals surface area contributed by atoms with Crippen LogP contribution in [-0.2, 0) is 9.59 Å². The lowest BCUT2D eigenvalue weighted by atomic mass is 10.1. The summed E-state index contributed by atoms with van der Waals surface area (Å²) in [6.07, 6.45) is 1.53. The molecule has 2 unspecified atom stereocenters. The Hall–Kier alpha value is -1.26. The van der Waals surface area contributed by atoms with Gasteiger partial charge in [-0.05, 0) is 37.0 Å². The van der Waals surface area contributed by atoms with Gasteiger partial charge in [-0.15, -0.1) is 0 Å². The summed E-state index contributed by atoms with van der Waals surface area (Å²) < 4.78 is 0. The van der Waals surface area contributed by atoms with E-state index in [0.717, 1.165) is 6.42 Å². The predicted molar refractivity (Wildman–Crippen MR) is 89.2 cm³/mol. The molecule has 0 bridgehead atoms. The second kappa shape index (κ2) is 7.34. The summed E-state index contributed by atoms with van der Waals surface area (Å²) in [4.78, 5) is 24.0. The molecular weight excluding hydrogens is 323 g/mol. The van der Waals surface area contributed by atoms with Crippen LogP contribution in [0.1, 0.15) is 26.7 Å². The van der Waals surface area contributed by atoms with E-state index in [2.05, 4.69) is 24.5 Å². The summed E-state index contributed by atoms with van der Waals surface area (Å²) in [6.45, 7) is 4.87. The molecule has 2 N–H and O–H groups in total. The van der Waals surface area contributed by atoms with Crippen LogP contribution in [0.15, 0.2) is 18.2 Å². The highest BCUT2D eigenvalue weighted by atomic mass is 35.5. The number of amides is 2. The Morgan fingerprint density at radius 3 is 2.32 bits per heavy atom.